The molecule has 1 heterocycles. The Hall–Kier alpha value is -2.98. The van der Waals surface area contributed by atoms with E-state index in [4.69, 9.17) is 0 Å². The molecule has 4 rings (SSSR count). The predicted octanol–water partition coefficient (Wildman–Crippen LogP) is 4.88. The minimum absolute atomic E-state index is 0.208. The number of hydrogen-bond acceptors (Lipinski definition) is 2. The maximum atomic E-state index is 12.6. The fourth-order valence-corrected chi connectivity index (χ4v) is 4.21. The number of fused-ring (bicyclic) bond motifs is 1. The van der Waals surface area contributed by atoms with E-state index in [1.54, 1.807) is 11.3 Å². The second-order valence-corrected chi connectivity index (χ2v) is 7.70. The molecule has 27 heavy (non-hydrogen) atoms. The van der Waals surface area contributed by atoms with Crippen LogP contribution in [0.3, 0.4) is 0 Å². The van der Waals surface area contributed by atoms with Crippen LogP contribution in [0.1, 0.15) is 27.0 Å². The maximum absolute atomic E-state index is 12.6. The average molecular weight is 372 g/mol. The summed E-state index contributed by atoms with van der Waals surface area (Å²) in [5, 5.41) is 0. The number of nitrogens with zero attached hydrogens (tertiary/aromatic N) is 2. The van der Waals surface area contributed by atoms with Crippen molar-refractivity contribution >= 4 is 27.5 Å². The van der Waals surface area contributed by atoms with Crippen LogP contribution in [0.2, 0.25) is 0 Å². The monoisotopic (exact) mass is 372 g/mol. The number of benzene rings is 3. The number of amides is 1. The first-order valence-corrected chi connectivity index (χ1v) is 9.70. The smallest absolute Gasteiger partial charge is 0.279 e. The van der Waals surface area contributed by atoms with E-state index in [9.17, 15) is 4.79 Å². The van der Waals surface area contributed by atoms with E-state index in [1.807, 2.05) is 54.1 Å². The fraction of sp³-hybridized carbons (Fsp3) is 0.130. The Morgan fingerprint density at radius 1 is 0.963 bits per heavy atom. The first kappa shape index (κ1) is 17.4. The van der Waals surface area contributed by atoms with Crippen molar-refractivity contribution in [2.75, 3.05) is 0 Å². The predicted molar refractivity (Wildman–Crippen MR) is 111 cm³/mol. The number of rotatable bonds is 3. The second kappa shape index (κ2) is 7.33. The van der Waals surface area contributed by atoms with Gasteiger partial charge in [0, 0.05) is 12.6 Å². The van der Waals surface area contributed by atoms with Crippen LogP contribution in [0.5, 0.6) is 0 Å². The molecule has 0 spiro atoms. The lowest BCUT2D eigenvalue weighted by molar-refractivity contribution is 0.0998. The molecular weight excluding hydrogens is 352 g/mol. The standard InChI is InChI=1S/C23H20N2OS/c1-16-8-13-20-21(14-16)27-23(25(20)2)24-22(26)19-11-9-18(10-12-19)15-17-6-4-3-5-7-17/h3-14H,15H2,1-2H3. The van der Waals surface area contributed by atoms with Gasteiger partial charge in [-0.2, -0.15) is 4.99 Å². The van der Waals surface area contributed by atoms with Gasteiger partial charge in [0.15, 0.2) is 4.80 Å². The van der Waals surface area contributed by atoms with Crippen molar-refractivity contribution in [3.63, 3.8) is 0 Å². The van der Waals surface area contributed by atoms with Gasteiger partial charge < -0.3 is 4.57 Å². The molecule has 0 bridgehead atoms. The number of carbonyl (C=O) groups is 1. The van der Waals surface area contributed by atoms with Gasteiger partial charge in [-0.05, 0) is 54.3 Å². The Bertz CT molecular complexity index is 1170. The Morgan fingerprint density at radius 3 is 2.41 bits per heavy atom. The lowest BCUT2D eigenvalue weighted by atomic mass is 10.0. The molecule has 4 heteroatoms. The van der Waals surface area contributed by atoms with Crippen molar-refractivity contribution in [3.05, 3.63) is 99.9 Å². The SMILES string of the molecule is Cc1ccc2c(c1)sc(=NC(=O)c1ccc(Cc3ccccc3)cc1)n2C. The second-order valence-electron chi connectivity index (χ2n) is 6.69. The van der Waals surface area contributed by atoms with E-state index < -0.39 is 0 Å². The Labute approximate surface area is 162 Å². The van der Waals surface area contributed by atoms with Crippen LogP contribution in [-0.2, 0) is 13.5 Å². The van der Waals surface area contributed by atoms with Gasteiger partial charge in [0.25, 0.3) is 5.91 Å². The molecule has 0 saturated carbocycles. The summed E-state index contributed by atoms with van der Waals surface area (Å²) in [6.07, 6.45) is 0.858. The third-order valence-corrected chi connectivity index (χ3v) is 5.71. The van der Waals surface area contributed by atoms with Crippen LogP contribution in [-0.4, -0.2) is 10.5 Å². The molecule has 3 aromatic carbocycles. The third kappa shape index (κ3) is 3.76. The maximum Gasteiger partial charge on any atom is 0.279 e. The third-order valence-electron chi connectivity index (χ3n) is 4.61. The van der Waals surface area contributed by atoms with Crippen LogP contribution >= 0.6 is 11.3 Å². The van der Waals surface area contributed by atoms with Crippen molar-refractivity contribution in [3.8, 4) is 0 Å². The van der Waals surface area contributed by atoms with E-state index in [1.165, 1.54) is 16.7 Å². The molecular formula is C23H20N2OS. The molecule has 0 saturated heterocycles. The van der Waals surface area contributed by atoms with Gasteiger partial charge in [-0.3, -0.25) is 4.79 Å². The summed E-state index contributed by atoms with van der Waals surface area (Å²) >= 11 is 1.54. The zero-order chi connectivity index (χ0) is 18.8. The molecule has 0 atom stereocenters. The molecule has 134 valence electrons. The van der Waals surface area contributed by atoms with Gasteiger partial charge in [-0.1, -0.05) is 59.9 Å². The molecule has 3 nitrogen and oxygen atoms in total. The highest BCUT2D eigenvalue weighted by Crippen LogP contribution is 2.18. The highest BCUT2D eigenvalue weighted by Gasteiger charge is 2.08. The number of carbonyl (C=O) groups excluding carboxylic acids is 1. The summed E-state index contributed by atoms with van der Waals surface area (Å²) in [7, 11) is 1.95. The number of thiazole rings is 1. The van der Waals surface area contributed by atoms with Crippen molar-refractivity contribution in [1.29, 1.82) is 0 Å². The van der Waals surface area contributed by atoms with Crippen LogP contribution in [0.15, 0.2) is 77.8 Å². The van der Waals surface area contributed by atoms with E-state index >= 15 is 0 Å². The molecule has 0 aliphatic heterocycles. The van der Waals surface area contributed by atoms with Gasteiger partial charge in [0.05, 0.1) is 10.2 Å². The van der Waals surface area contributed by atoms with Gasteiger partial charge in [-0.25, -0.2) is 0 Å². The summed E-state index contributed by atoms with van der Waals surface area (Å²) in [6, 6.07) is 24.3. The topological polar surface area (TPSA) is 34.4 Å². The number of aryl methyl sites for hydroxylation is 2. The minimum Gasteiger partial charge on any atom is -0.319 e. The largest absolute Gasteiger partial charge is 0.319 e. The van der Waals surface area contributed by atoms with Crippen LogP contribution in [0, 0.1) is 6.92 Å². The summed E-state index contributed by atoms with van der Waals surface area (Å²) in [5.74, 6) is -0.208. The average Bonchev–Trinajstić information content (AvgIpc) is 2.98. The first-order chi connectivity index (χ1) is 13.1. The van der Waals surface area contributed by atoms with Crippen molar-refractivity contribution in [2.24, 2.45) is 12.0 Å². The van der Waals surface area contributed by atoms with Crippen molar-refractivity contribution in [1.82, 2.24) is 4.57 Å². The lowest BCUT2D eigenvalue weighted by Gasteiger charge is -2.02. The summed E-state index contributed by atoms with van der Waals surface area (Å²) in [4.78, 5) is 17.7. The zero-order valence-corrected chi connectivity index (χ0v) is 16.2. The molecule has 0 fully saturated rings. The van der Waals surface area contributed by atoms with Gasteiger partial charge in [-0.15, -0.1) is 0 Å². The van der Waals surface area contributed by atoms with E-state index in [0.29, 0.717) is 10.4 Å². The first-order valence-electron chi connectivity index (χ1n) is 8.88. The summed E-state index contributed by atoms with van der Waals surface area (Å²) < 4.78 is 3.11. The molecule has 0 unspecified atom stereocenters. The molecule has 0 aliphatic carbocycles. The number of aromatic nitrogens is 1. The van der Waals surface area contributed by atoms with Crippen LogP contribution < -0.4 is 4.80 Å². The van der Waals surface area contributed by atoms with Crippen LogP contribution in [0.25, 0.3) is 10.2 Å². The molecule has 0 radical (unpaired) electrons. The molecule has 0 N–H and O–H groups in total. The summed E-state index contributed by atoms with van der Waals surface area (Å²) in [6.45, 7) is 2.07. The Balaban J connectivity index is 1.60. The molecule has 1 amide bonds. The zero-order valence-electron chi connectivity index (χ0n) is 15.3. The van der Waals surface area contributed by atoms with E-state index in [-0.39, 0.29) is 5.91 Å². The minimum atomic E-state index is -0.208. The normalized spacial score (nSPS) is 11.9. The molecule has 4 aromatic rings. The Morgan fingerprint density at radius 2 is 1.67 bits per heavy atom. The summed E-state index contributed by atoms with van der Waals surface area (Å²) in [5.41, 5.74) is 5.35. The molecule has 0 aliphatic rings. The quantitative estimate of drug-likeness (QED) is 0.505. The van der Waals surface area contributed by atoms with E-state index in [2.05, 4.69) is 42.2 Å². The fourth-order valence-electron chi connectivity index (χ4n) is 3.10. The van der Waals surface area contributed by atoms with Gasteiger partial charge in [0.2, 0.25) is 0 Å². The Kier molecular flexibility index (Phi) is 4.73. The highest BCUT2D eigenvalue weighted by molar-refractivity contribution is 7.16. The van der Waals surface area contributed by atoms with E-state index in [0.717, 1.165) is 16.6 Å². The van der Waals surface area contributed by atoms with Crippen molar-refractivity contribution < 1.29 is 4.79 Å². The van der Waals surface area contributed by atoms with Gasteiger partial charge >= 0.3 is 0 Å². The molecule has 1 aromatic heterocycles. The highest BCUT2D eigenvalue weighted by atomic mass is 32.1. The lowest BCUT2D eigenvalue weighted by Crippen LogP contribution is -2.13. The van der Waals surface area contributed by atoms with Gasteiger partial charge in [0.1, 0.15) is 0 Å². The number of hydrogen-bond donors (Lipinski definition) is 0. The van der Waals surface area contributed by atoms with Crippen LogP contribution in [0.4, 0.5) is 0 Å². The van der Waals surface area contributed by atoms with Crippen molar-refractivity contribution in [2.45, 2.75) is 13.3 Å².